The van der Waals surface area contributed by atoms with Gasteiger partial charge in [0.25, 0.3) is 0 Å². The number of nitrogens with one attached hydrogen (secondary N) is 2. The van der Waals surface area contributed by atoms with E-state index in [0.717, 1.165) is 12.0 Å². The van der Waals surface area contributed by atoms with Crippen molar-refractivity contribution in [3.05, 3.63) is 29.4 Å². The number of carbonyl (C=O) groups excluding carboxylic acids is 1. The molecule has 0 atom stereocenters. The molecule has 0 aliphatic rings. The number of aryl methyl sites for hydroxylation is 1. The van der Waals surface area contributed by atoms with Crippen LogP contribution in [0.15, 0.2) is 24.5 Å². The van der Waals surface area contributed by atoms with Crippen molar-refractivity contribution in [1.82, 2.24) is 20.4 Å². The lowest BCUT2D eigenvalue weighted by molar-refractivity contribution is 0.238. The van der Waals surface area contributed by atoms with Crippen molar-refractivity contribution in [3.8, 4) is 10.4 Å². The van der Waals surface area contributed by atoms with Crippen LogP contribution >= 0.6 is 11.3 Å². The number of rotatable bonds is 5. The van der Waals surface area contributed by atoms with Crippen molar-refractivity contribution in [1.29, 1.82) is 0 Å². The number of amides is 2. The first-order valence-electron chi connectivity index (χ1n) is 6.66. The Bertz CT molecular complexity index is 573. The average molecular weight is 292 g/mol. The summed E-state index contributed by atoms with van der Waals surface area (Å²) in [5.74, 6) is 0. The Morgan fingerprint density at radius 1 is 1.45 bits per heavy atom. The molecule has 6 heteroatoms. The molecule has 20 heavy (non-hydrogen) atoms. The van der Waals surface area contributed by atoms with Crippen LogP contribution in [-0.4, -0.2) is 28.4 Å². The summed E-state index contributed by atoms with van der Waals surface area (Å²) in [6.07, 6.45) is 4.71. The van der Waals surface area contributed by atoms with Crippen molar-refractivity contribution in [3.63, 3.8) is 0 Å². The number of urea groups is 1. The second-order valence-electron chi connectivity index (χ2n) is 4.97. The van der Waals surface area contributed by atoms with Crippen LogP contribution in [0.4, 0.5) is 4.79 Å². The molecule has 2 amide bonds. The summed E-state index contributed by atoms with van der Waals surface area (Å²) in [5.41, 5.74) is 1.13. The number of hydrogen-bond acceptors (Lipinski definition) is 3. The van der Waals surface area contributed by atoms with Gasteiger partial charge in [-0.1, -0.05) is 0 Å². The van der Waals surface area contributed by atoms with Crippen molar-refractivity contribution in [2.45, 2.75) is 26.3 Å². The topological polar surface area (TPSA) is 59.0 Å². The zero-order valence-electron chi connectivity index (χ0n) is 12.0. The molecule has 0 aromatic carbocycles. The monoisotopic (exact) mass is 292 g/mol. The molecule has 0 saturated heterocycles. The molecule has 2 N–H and O–H groups in total. The molecule has 0 bridgehead atoms. The van der Waals surface area contributed by atoms with Gasteiger partial charge in [0, 0.05) is 41.1 Å². The molecule has 2 rings (SSSR count). The number of carbonyl (C=O) groups is 1. The second kappa shape index (κ2) is 6.56. The highest BCUT2D eigenvalue weighted by atomic mass is 32.1. The Morgan fingerprint density at radius 3 is 2.90 bits per heavy atom. The fourth-order valence-electron chi connectivity index (χ4n) is 1.83. The van der Waals surface area contributed by atoms with E-state index in [0.29, 0.717) is 6.54 Å². The fourth-order valence-corrected chi connectivity index (χ4v) is 2.81. The third-order valence-electron chi connectivity index (χ3n) is 2.73. The van der Waals surface area contributed by atoms with E-state index in [1.807, 2.05) is 33.3 Å². The lowest BCUT2D eigenvalue weighted by Gasteiger charge is -2.09. The highest BCUT2D eigenvalue weighted by molar-refractivity contribution is 7.15. The molecule has 0 saturated carbocycles. The van der Waals surface area contributed by atoms with Crippen LogP contribution in [0, 0.1) is 0 Å². The van der Waals surface area contributed by atoms with Crippen molar-refractivity contribution < 1.29 is 4.79 Å². The molecule has 2 heterocycles. The molecule has 0 spiro atoms. The maximum atomic E-state index is 11.4. The highest BCUT2D eigenvalue weighted by Crippen LogP contribution is 2.27. The Labute approximate surface area is 123 Å². The molecule has 0 fully saturated rings. The van der Waals surface area contributed by atoms with Crippen LogP contribution < -0.4 is 10.6 Å². The van der Waals surface area contributed by atoms with E-state index >= 15 is 0 Å². The lowest BCUT2D eigenvalue weighted by atomic mass is 10.3. The minimum Gasteiger partial charge on any atom is -0.338 e. The van der Waals surface area contributed by atoms with Crippen molar-refractivity contribution in [2.75, 3.05) is 6.54 Å². The van der Waals surface area contributed by atoms with E-state index in [1.165, 1.54) is 9.75 Å². The van der Waals surface area contributed by atoms with Crippen LogP contribution in [0.25, 0.3) is 10.4 Å². The molecule has 0 aliphatic heterocycles. The normalized spacial score (nSPS) is 10.8. The molecule has 108 valence electrons. The second-order valence-corrected chi connectivity index (χ2v) is 6.14. The number of nitrogens with zero attached hydrogens (tertiary/aromatic N) is 2. The van der Waals surface area contributed by atoms with Crippen LogP contribution in [0.5, 0.6) is 0 Å². The molecule has 0 aliphatic carbocycles. The molecule has 5 nitrogen and oxygen atoms in total. The lowest BCUT2D eigenvalue weighted by Crippen LogP contribution is -2.40. The molecular weight excluding hydrogens is 272 g/mol. The van der Waals surface area contributed by atoms with E-state index in [2.05, 4.69) is 27.9 Å². The number of hydrogen-bond donors (Lipinski definition) is 2. The van der Waals surface area contributed by atoms with E-state index in [-0.39, 0.29) is 12.1 Å². The zero-order chi connectivity index (χ0) is 14.5. The quantitative estimate of drug-likeness (QED) is 0.889. The SMILES string of the molecule is CC(C)NC(=O)NCCc1ccc(-c2cnn(C)c2)s1. The number of aromatic nitrogens is 2. The van der Waals surface area contributed by atoms with Crippen LogP contribution in [0.1, 0.15) is 18.7 Å². The summed E-state index contributed by atoms with van der Waals surface area (Å²) >= 11 is 1.74. The first-order chi connectivity index (χ1) is 9.54. The third kappa shape index (κ3) is 4.09. The Hall–Kier alpha value is -1.82. The van der Waals surface area contributed by atoms with Gasteiger partial charge in [-0.25, -0.2) is 4.79 Å². The molecule has 0 unspecified atom stereocenters. The third-order valence-corrected chi connectivity index (χ3v) is 3.92. The maximum Gasteiger partial charge on any atom is 0.314 e. The van der Waals surface area contributed by atoms with Gasteiger partial charge in [0.15, 0.2) is 0 Å². The fraction of sp³-hybridized carbons (Fsp3) is 0.429. The smallest absolute Gasteiger partial charge is 0.314 e. The Morgan fingerprint density at radius 2 is 2.25 bits per heavy atom. The summed E-state index contributed by atoms with van der Waals surface area (Å²) < 4.78 is 1.80. The van der Waals surface area contributed by atoms with Gasteiger partial charge >= 0.3 is 6.03 Å². The first kappa shape index (κ1) is 14.6. The van der Waals surface area contributed by atoms with Gasteiger partial charge in [-0.05, 0) is 32.4 Å². The predicted octanol–water partition coefficient (Wildman–Crippen LogP) is 2.40. The summed E-state index contributed by atoms with van der Waals surface area (Å²) in [6, 6.07) is 4.26. The zero-order valence-corrected chi connectivity index (χ0v) is 12.8. The van der Waals surface area contributed by atoms with E-state index in [4.69, 9.17) is 0 Å². The predicted molar refractivity (Wildman–Crippen MR) is 81.9 cm³/mol. The minimum atomic E-state index is -0.107. The first-order valence-corrected chi connectivity index (χ1v) is 7.48. The molecule has 2 aromatic rings. The molecule has 0 radical (unpaired) electrons. The summed E-state index contributed by atoms with van der Waals surface area (Å²) in [6.45, 7) is 4.53. The maximum absolute atomic E-state index is 11.4. The van der Waals surface area contributed by atoms with Gasteiger partial charge in [0.05, 0.1) is 6.20 Å². The van der Waals surface area contributed by atoms with E-state index in [9.17, 15) is 4.79 Å². The standard InChI is InChI=1S/C14H20N4OS/c1-10(2)17-14(19)15-7-6-12-4-5-13(20-12)11-8-16-18(3)9-11/h4-5,8-10H,6-7H2,1-3H3,(H2,15,17,19). The largest absolute Gasteiger partial charge is 0.338 e. The van der Waals surface area contributed by atoms with Crippen molar-refractivity contribution in [2.24, 2.45) is 7.05 Å². The summed E-state index contributed by atoms with van der Waals surface area (Å²) in [4.78, 5) is 13.9. The van der Waals surface area contributed by atoms with Gasteiger partial charge in [-0.15, -0.1) is 11.3 Å². The van der Waals surface area contributed by atoms with Gasteiger partial charge < -0.3 is 10.6 Å². The average Bonchev–Trinajstić information content (AvgIpc) is 2.97. The Balaban J connectivity index is 1.83. The highest BCUT2D eigenvalue weighted by Gasteiger charge is 2.06. The van der Waals surface area contributed by atoms with Gasteiger partial charge in [-0.2, -0.15) is 5.10 Å². The van der Waals surface area contributed by atoms with Crippen LogP contribution in [-0.2, 0) is 13.5 Å². The van der Waals surface area contributed by atoms with Gasteiger partial charge in [0.2, 0.25) is 0 Å². The summed E-state index contributed by atoms with van der Waals surface area (Å²) in [7, 11) is 1.91. The van der Waals surface area contributed by atoms with E-state index in [1.54, 1.807) is 16.0 Å². The number of thiophene rings is 1. The van der Waals surface area contributed by atoms with Gasteiger partial charge in [0.1, 0.15) is 0 Å². The minimum absolute atomic E-state index is 0.107. The van der Waals surface area contributed by atoms with Crippen molar-refractivity contribution >= 4 is 17.4 Å². The van der Waals surface area contributed by atoms with Crippen LogP contribution in [0.2, 0.25) is 0 Å². The Kier molecular flexibility index (Phi) is 4.79. The van der Waals surface area contributed by atoms with Gasteiger partial charge in [-0.3, -0.25) is 4.68 Å². The van der Waals surface area contributed by atoms with E-state index < -0.39 is 0 Å². The molecule has 2 aromatic heterocycles. The molecular formula is C14H20N4OS. The van der Waals surface area contributed by atoms with Crippen LogP contribution in [0.3, 0.4) is 0 Å². The summed E-state index contributed by atoms with van der Waals surface area (Å²) in [5, 5.41) is 9.83.